The Hall–Kier alpha value is -1.13. The first-order valence-electron chi connectivity index (χ1n) is 15.1. The van der Waals surface area contributed by atoms with Crippen molar-refractivity contribution in [3.8, 4) is 0 Å². The minimum Gasteiger partial charge on any atom is -0.465 e. The van der Waals surface area contributed by atoms with Crippen LogP contribution in [0.4, 0.5) is 0 Å². The maximum Gasteiger partial charge on any atom is 0.309 e. The van der Waals surface area contributed by atoms with E-state index in [1.54, 1.807) is 0 Å². The van der Waals surface area contributed by atoms with Crippen LogP contribution >= 0.6 is 0 Å². The van der Waals surface area contributed by atoms with Crippen molar-refractivity contribution in [3.63, 3.8) is 0 Å². The normalized spacial score (nSPS) is 21.4. The fourth-order valence-corrected chi connectivity index (χ4v) is 5.25. The molecular weight excluding hydrogens is 434 g/mol. The Morgan fingerprint density at radius 3 is 2.23 bits per heavy atom. The molecule has 0 bridgehead atoms. The minimum absolute atomic E-state index is 0.00145. The molecule has 2 aliphatic rings. The first-order chi connectivity index (χ1) is 17.3. The zero-order chi connectivity index (χ0) is 24.8. The quantitative estimate of drug-likeness (QED) is 0.107. The molecular formula is C31H55NO3. The lowest BCUT2D eigenvalue weighted by atomic mass is 9.96. The smallest absolute Gasteiger partial charge is 0.309 e. The van der Waals surface area contributed by atoms with Crippen LogP contribution in [0.5, 0.6) is 0 Å². The van der Waals surface area contributed by atoms with Gasteiger partial charge < -0.3 is 14.8 Å². The summed E-state index contributed by atoms with van der Waals surface area (Å²) >= 11 is 0. The molecule has 0 aromatic heterocycles. The van der Waals surface area contributed by atoms with Crippen molar-refractivity contribution >= 4 is 5.97 Å². The van der Waals surface area contributed by atoms with E-state index in [0.717, 1.165) is 51.8 Å². The van der Waals surface area contributed by atoms with Crippen LogP contribution in [0.2, 0.25) is 0 Å². The molecule has 202 valence electrons. The maximum absolute atomic E-state index is 12.1. The minimum atomic E-state index is -0.00145. The van der Waals surface area contributed by atoms with Gasteiger partial charge in [-0.2, -0.15) is 0 Å². The lowest BCUT2D eigenvalue weighted by Gasteiger charge is -2.21. The predicted molar refractivity (Wildman–Crippen MR) is 148 cm³/mol. The van der Waals surface area contributed by atoms with E-state index in [4.69, 9.17) is 9.47 Å². The van der Waals surface area contributed by atoms with Crippen molar-refractivity contribution in [3.05, 3.63) is 24.3 Å². The second kappa shape index (κ2) is 21.0. The van der Waals surface area contributed by atoms with E-state index in [0.29, 0.717) is 12.5 Å². The van der Waals surface area contributed by atoms with Crippen molar-refractivity contribution < 1.29 is 14.3 Å². The molecule has 2 rings (SSSR count). The predicted octanol–water partition coefficient (Wildman–Crippen LogP) is 7.92. The van der Waals surface area contributed by atoms with Gasteiger partial charge in [-0.05, 0) is 76.8 Å². The molecule has 2 saturated heterocycles. The summed E-state index contributed by atoms with van der Waals surface area (Å²) in [4.78, 5) is 12.1. The molecule has 2 aliphatic heterocycles. The third-order valence-electron chi connectivity index (χ3n) is 7.58. The zero-order valence-corrected chi connectivity index (χ0v) is 22.8. The van der Waals surface area contributed by atoms with Crippen LogP contribution < -0.4 is 5.32 Å². The van der Waals surface area contributed by atoms with Crippen LogP contribution in [0.3, 0.4) is 0 Å². The average molecular weight is 490 g/mol. The molecule has 2 heterocycles. The van der Waals surface area contributed by atoms with Gasteiger partial charge in [-0.15, -0.1) is 0 Å². The summed E-state index contributed by atoms with van der Waals surface area (Å²) in [5, 5.41) is 3.29. The second-order valence-corrected chi connectivity index (χ2v) is 10.8. The third-order valence-corrected chi connectivity index (χ3v) is 7.58. The SMILES string of the molecule is CCCCC/C=C\C/C=C\CCCCCCCCC[C@H]1COC(CCOC(=O)C2CCNCC2)C1. The molecule has 1 unspecified atom stereocenters. The summed E-state index contributed by atoms with van der Waals surface area (Å²) in [5.41, 5.74) is 0. The number of ether oxygens (including phenoxy) is 2. The number of allylic oxidation sites excluding steroid dienone is 4. The molecule has 0 aromatic rings. The number of unbranched alkanes of at least 4 members (excludes halogenated alkanes) is 10. The van der Waals surface area contributed by atoms with Crippen LogP contribution in [0.1, 0.15) is 122 Å². The highest BCUT2D eigenvalue weighted by Crippen LogP contribution is 2.27. The van der Waals surface area contributed by atoms with Gasteiger partial charge in [0.05, 0.1) is 18.6 Å². The van der Waals surface area contributed by atoms with Gasteiger partial charge >= 0.3 is 5.97 Å². The summed E-state index contributed by atoms with van der Waals surface area (Å²) in [5.74, 6) is 0.805. The Morgan fingerprint density at radius 2 is 1.51 bits per heavy atom. The number of piperidine rings is 1. The van der Waals surface area contributed by atoms with Crippen molar-refractivity contribution in [2.75, 3.05) is 26.3 Å². The average Bonchev–Trinajstić information content (AvgIpc) is 3.34. The van der Waals surface area contributed by atoms with E-state index in [1.165, 1.54) is 83.5 Å². The number of hydrogen-bond donors (Lipinski definition) is 1. The van der Waals surface area contributed by atoms with Crippen LogP contribution in [0, 0.1) is 11.8 Å². The van der Waals surface area contributed by atoms with E-state index < -0.39 is 0 Å². The molecule has 0 amide bonds. The zero-order valence-electron chi connectivity index (χ0n) is 22.8. The summed E-state index contributed by atoms with van der Waals surface area (Å²) in [7, 11) is 0. The largest absolute Gasteiger partial charge is 0.465 e. The van der Waals surface area contributed by atoms with Crippen LogP contribution in [-0.2, 0) is 14.3 Å². The Kier molecular flexibility index (Phi) is 18.1. The van der Waals surface area contributed by atoms with E-state index in [1.807, 2.05) is 0 Å². The molecule has 0 aromatic carbocycles. The lowest BCUT2D eigenvalue weighted by Crippen LogP contribution is -2.33. The first-order valence-corrected chi connectivity index (χ1v) is 15.1. The molecule has 0 radical (unpaired) electrons. The number of nitrogens with one attached hydrogen (secondary N) is 1. The van der Waals surface area contributed by atoms with Crippen LogP contribution in [0.25, 0.3) is 0 Å². The Balaban J connectivity index is 1.32. The lowest BCUT2D eigenvalue weighted by molar-refractivity contribution is -0.150. The molecule has 2 fully saturated rings. The first kappa shape index (κ1) is 30.1. The highest BCUT2D eigenvalue weighted by molar-refractivity contribution is 5.72. The monoisotopic (exact) mass is 489 g/mol. The fraction of sp³-hybridized carbons (Fsp3) is 0.839. The van der Waals surface area contributed by atoms with Gasteiger partial charge in [0.15, 0.2) is 0 Å². The van der Waals surface area contributed by atoms with Gasteiger partial charge in [0.2, 0.25) is 0 Å². The van der Waals surface area contributed by atoms with E-state index in [-0.39, 0.29) is 18.0 Å². The van der Waals surface area contributed by atoms with Crippen LogP contribution in [0.15, 0.2) is 24.3 Å². The van der Waals surface area contributed by atoms with Crippen molar-refractivity contribution in [1.82, 2.24) is 5.32 Å². The van der Waals surface area contributed by atoms with Crippen LogP contribution in [-0.4, -0.2) is 38.4 Å². The summed E-state index contributed by atoms with van der Waals surface area (Å²) < 4.78 is 11.5. The van der Waals surface area contributed by atoms with Gasteiger partial charge in [-0.1, -0.05) is 82.6 Å². The number of carbonyl (C=O) groups excluding carboxylic acids is 1. The molecule has 0 spiro atoms. The van der Waals surface area contributed by atoms with Gasteiger partial charge in [-0.3, -0.25) is 4.79 Å². The topological polar surface area (TPSA) is 47.6 Å². The van der Waals surface area contributed by atoms with E-state index >= 15 is 0 Å². The fourth-order valence-electron chi connectivity index (χ4n) is 5.25. The molecule has 2 atom stereocenters. The van der Waals surface area contributed by atoms with Gasteiger partial charge in [0.25, 0.3) is 0 Å². The van der Waals surface area contributed by atoms with Crippen molar-refractivity contribution in [1.29, 1.82) is 0 Å². The number of rotatable bonds is 20. The summed E-state index contributed by atoms with van der Waals surface area (Å²) in [6.07, 6.45) is 31.9. The molecule has 35 heavy (non-hydrogen) atoms. The van der Waals surface area contributed by atoms with Crippen molar-refractivity contribution in [2.24, 2.45) is 11.8 Å². The summed E-state index contributed by atoms with van der Waals surface area (Å²) in [6.45, 7) is 5.54. The number of esters is 1. The highest BCUT2D eigenvalue weighted by atomic mass is 16.5. The molecule has 4 nitrogen and oxygen atoms in total. The standard InChI is InChI=1S/C31H55NO3/c1-2-3-4-5-6-7-8-9-10-11-12-13-14-15-16-17-18-19-28-26-30(35-27-28)22-25-34-31(33)29-20-23-32-24-21-29/h6-7,9-10,28-30,32H,2-5,8,11-27H2,1H3/b7-6-,10-9-/t28-,30?/m1/s1. The van der Waals surface area contributed by atoms with Gasteiger partial charge in [0, 0.05) is 13.0 Å². The van der Waals surface area contributed by atoms with Gasteiger partial charge in [0.1, 0.15) is 0 Å². The molecule has 0 saturated carbocycles. The second-order valence-electron chi connectivity index (χ2n) is 10.8. The molecule has 0 aliphatic carbocycles. The van der Waals surface area contributed by atoms with E-state index in [2.05, 4.69) is 36.5 Å². The third kappa shape index (κ3) is 15.6. The number of carbonyl (C=O) groups is 1. The Morgan fingerprint density at radius 1 is 0.857 bits per heavy atom. The van der Waals surface area contributed by atoms with Gasteiger partial charge in [-0.25, -0.2) is 0 Å². The number of hydrogen-bond acceptors (Lipinski definition) is 4. The van der Waals surface area contributed by atoms with E-state index in [9.17, 15) is 4.79 Å². The maximum atomic E-state index is 12.1. The van der Waals surface area contributed by atoms with Crippen molar-refractivity contribution in [2.45, 2.75) is 129 Å². The molecule has 1 N–H and O–H groups in total. The highest BCUT2D eigenvalue weighted by Gasteiger charge is 2.26. The Labute approximate surface area is 216 Å². The Bertz CT molecular complexity index is 568. The summed E-state index contributed by atoms with van der Waals surface area (Å²) in [6, 6.07) is 0. The molecule has 4 heteroatoms.